The Labute approximate surface area is 154 Å². The number of benzene rings is 3. The number of aryl methyl sites for hydroxylation is 2. The third kappa shape index (κ3) is 4.12. The third-order valence-corrected chi connectivity index (χ3v) is 4.41. The van der Waals surface area contributed by atoms with Crippen LogP contribution in [0.25, 0.3) is 0 Å². The van der Waals surface area contributed by atoms with E-state index >= 15 is 0 Å². The molecule has 0 N–H and O–H groups in total. The molecule has 0 aromatic heterocycles. The summed E-state index contributed by atoms with van der Waals surface area (Å²) in [7, 11) is 0. The van der Waals surface area contributed by atoms with Crippen LogP contribution in [0.2, 0.25) is 0 Å². The fraction of sp³-hybridized carbons (Fsp3) is 0.174. The van der Waals surface area contributed by atoms with Crippen LogP contribution < -0.4 is 9.47 Å². The molecular weight excluding hydrogens is 324 g/mol. The predicted octanol–water partition coefficient (Wildman–Crippen LogP) is 5.41. The number of ether oxygens (including phenoxy) is 2. The molecule has 0 saturated carbocycles. The average molecular weight is 346 g/mol. The zero-order valence-corrected chi connectivity index (χ0v) is 15.3. The minimum Gasteiger partial charge on any atom is -0.489 e. The molecule has 0 amide bonds. The maximum Gasteiger partial charge on any atom is 0.343 e. The Morgan fingerprint density at radius 2 is 1.46 bits per heavy atom. The van der Waals surface area contributed by atoms with Crippen LogP contribution in [0.3, 0.4) is 0 Å². The van der Waals surface area contributed by atoms with Crippen molar-refractivity contribution in [3.05, 3.63) is 94.5 Å². The predicted molar refractivity (Wildman–Crippen MR) is 103 cm³/mol. The second kappa shape index (κ2) is 7.87. The van der Waals surface area contributed by atoms with E-state index in [0.29, 0.717) is 17.9 Å². The number of para-hydroxylation sites is 1. The molecule has 26 heavy (non-hydrogen) atoms. The van der Waals surface area contributed by atoms with E-state index in [1.165, 1.54) is 0 Å². The molecule has 3 aromatic carbocycles. The average Bonchev–Trinajstić information content (AvgIpc) is 2.67. The summed E-state index contributed by atoms with van der Waals surface area (Å²) in [5, 5.41) is 0. The third-order valence-electron chi connectivity index (χ3n) is 4.41. The summed E-state index contributed by atoms with van der Waals surface area (Å²) >= 11 is 0. The molecule has 3 nitrogen and oxygen atoms in total. The summed E-state index contributed by atoms with van der Waals surface area (Å²) in [4.78, 5) is 12.5. The van der Waals surface area contributed by atoms with Gasteiger partial charge in [-0.05, 0) is 67.3 Å². The maximum absolute atomic E-state index is 12.5. The molecule has 0 fully saturated rings. The fourth-order valence-electron chi connectivity index (χ4n) is 2.65. The molecule has 3 heteroatoms. The Morgan fingerprint density at radius 3 is 2.15 bits per heavy atom. The maximum atomic E-state index is 12.5. The van der Waals surface area contributed by atoms with Crippen molar-refractivity contribution < 1.29 is 14.3 Å². The van der Waals surface area contributed by atoms with Gasteiger partial charge in [-0.15, -0.1) is 0 Å². The quantitative estimate of drug-likeness (QED) is 0.458. The Balaban J connectivity index is 1.67. The molecular formula is C23H22O3. The topological polar surface area (TPSA) is 35.5 Å². The van der Waals surface area contributed by atoms with Crippen molar-refractivity contribution in [3.63, 3.8) is 0 Å². The monoisotopic (exact) mass is 346 g/mol. The second-order valence-corrected chi connectivity index (χ2v) is 6.34. The van der Waals surface area contributed by atoms with E-state index in [-0.39, 0.29) is 5.97 Å². The smallest absolute Gasteiger partial charge is 0.343 e. The number of hydrogen-bond donors (Lipinski definition) is 0. The Hall–Kier alpha value is -3.07. The minimum atomic E-state index is -0.350. The summed E-state index contributed by atoms with van der Waals surface area (Å²) in [5.74, 6) is 1.12. The molecule has 0 radical (unpaired) electrons. The molecule has 0 aliphatic heterocycles. The largest absolute Gasteiger partial charge is 0.489 e. The molecule has 3 aromatic rings. The number of carbonyl (C=O) groups is 1. The molecule has 0 saturated heterocycles. The molecule has 0 unspecified atom stereocenters. The number of hydrogen-bond acceptors (Lipinski definition) is 3. The first-order chi connectivity index (χ1) is 12.5. The first-order valence-electron chi connectivity index (χ1n) is 8.60. The fourth-order valence-corrected chi connectivity index (χ4v) is 2.65. The highest BCUT2D eigenvalue weighted by molar-refractivity contribution is 5.91. The van der Waals surface area contributed by atoms with E-state index in [1.807, 2.05) is 75.4 Å². The van der Waals surface area contributed by atoms with Crippen LogP contribution in [-0.4, -0.2) is 5.97 Å². The lowest BCUT2D eigenvalue weighted by Crippen LogP contribution is -2.11. The van der Waals surface area contributed by atoms with Gasteiger partial charge in [0.1, 0.15) is 18.1 Å². The molecule has 3 rings (SSSR count). The van der Waals surface area contributed by atoms with Gasteiger partial charge in [0.05, 0.1) is 5.56 Å². The highest BCUT2D eigenvalue weighted by atomic mass is 16.5. The lowest BCUT2D eigenvalue weighted by Gasteiger charge is -2.12. The van der Waals surface area contributed by atoms with Crippen LogP contribution in [0.15, 0.2) is 66.7 Å². The molecule has 0 bridgehead atoms. The van der Waals surface area contributed by atoms with Crippen LogP contribution in [0.5, 0.6) is 11.5 Å². The van der Waals surface area contributed by atoms with Crippen LogP contribution >= 0.6 is 0 Å². The summed E-state index contributed by atoms with van der Waals surface area (Å²) in [6, 6.07) is 21.0. The molecule has 0 atom stereocenters. The van der Waals surface area contributed by atoms with E-state index < -0.39 is 0 Å². The van der Waals surface area contributed by atoms with Crippen LogP contribution in [0.4, 0.5) is 0 Å². The molecule has 0 heterocycles. The normalized spacial score (nSPS) is 10.4. The van der Waals surface area contributed by atoms with Crippen molar-refractivity contribution in [2.45, 2.75) is 27.4 Å². The van der Waals surface area contributed by atoms with Gasteiger partial charge >= 0.3 is 5.97 Å². The molecule has 0 spiro atoms. The van der Waals surface area contributed by atoms with Gasteiger partial charge in [-0.25, -0.2) is 4.79 Å². The highest BCUT2D eigenvalue weighted by Crippen LogP contribution is 2.26. The number of carbonyl (C=O) groups excluding carboxylic acids is 1. The van der Waals surface area contributed by atoms with E-state index in [2.05, 4.69) is 0 Å². The van der Waals surface area contributed by atoms with Gasteiger partial charge in [0.2, 0.25) is 0 Å². The summed E-state index contributed by atoms with van der Waals surface area (Å²) in [6.45, 7) is 6.37. The van der Waals surface area contributed by atoms with Crippen LogP contribution in [0.1, 0.15) is 32.6 Å². The van der Waals surface area contributed by atoms with Crippen LogP contribution in [0, 0.1) is 20.8 Å². The summed E-state index contributed by atoms with van der Waals surface area (Å²) in [6.07, 6.45) is 0. The first-order valence-corrected chi connectivity index (χ1v) is 8.60. The van der Waals surface area contributed by atoms with Crippen molar-refractivity contribution in [3.8, 4) is 11.5 Å². The van der Waals surface area contributed by atoms with Gasteiger partial charge < -0.3 is 9.47 Å². The Kier molecular flexibility index (Phi) is 5.37. The zero-order chi connectivity index (χ0) is 18.5. The van der Waals surface area contributed by atoms with Gasteiger partial charge in [0.25, 0.3) is 0 Å². The van der Waals surface area contributed by atoms with Gasteiger partial charge in [-0.1, -0.05) is 42.5 Å². The van der Waals surface area contributed by atoms with E-state index in [4.69, 9.17) is 9.47 Å². The second-order valence-electron chi connectivity index (χ2n) is 6.34. The van der Waals surface area contributed by atoms with Crippen molar-refractivity contribution in [1.29, 1.82) is 0 Å². The summed E-state index contributed by atoms with van der Waals surface area (Å²) in [5.41, 5.74) is 4.56. The van der Waals surface area contributed by atoms with Gasteiger partial charge in [-0.2, -0.15) is 0 Å². The van der Waals surface area contributed by atoms with E-state index in [1.54, 1.807) is 12.1 Å². The molecule has 0 aliphatic rings. The Bertz CT molecular complexity index is 897. The molecule has 132 valence electrons. The van der Waals surface area contributed by atoms with Crippen molar-refractivity contribution in [2.75, 3.05) is 0 Å². The van der Waals surface area contributed by atoms with Gasteiger partial charge in [0, 0.05) is 0 Å². The number of rotatable bonds is 5. The SMILES string of the molecule is Cc1ccc(C)c(OC(=O)c2ccc(COc3ccccc3)cc2)c1C. The lowest BCUT2D eigenvalue weighted by molar-refractivity contribution is 0.0732. The zero-order valence-electron chi connectivity index (χ0n) is 15.3. The van der Waals surface area contributed by atoms with Gasteiger partial charge in [-0.3, -0.25) is 0 Å². The number of esters is 1. The minimum absolute atomic E-state index is 0.350. The summed E-state index contributed by atoms with van der Waals surface area (Å²) < 4.78 is 11.4. The first kappa shape index (κ1) is 17.7. The van der Waals surface area contributed by atoms with E-state index in [9.17, 15) is 4.79 Å². The molecule has 0 aliphatic carbocycles. The van der Waals surface area contributed by atoms with Crippen molar-refractivity contribution in [1.82, 2.24) is 0 Å². The van der Waals surface area contributed by atoms with Crippen LogP contribution in [-0.2, 0) is 6.61 Å². The Morgan fingerprint density at radius 1 is 0.808 bits per heavy atom. The van der Waals surface area contributed by atoms with E-state index in [0.717, 1.165) is 28.0 Å². The standard InChI is InChI=1S/C23H22O3/c1-16-9-10-17(2)22(18(16)3)26-23(24)20-13-11-19(12-14-20)15-25-21-7-5-4-6-8-21/h4-14H,15H2,1-3H3. The van der Waals surface area contributed by atoms with Crippen molar-refractivity contribution >= 4 is 5.97 Å². The van der Waals surface area contributed by atoms with Crippen molar-refractivity contribution in [2.24, 2.45) is 0 Å². The highest BCUT2D eigenvalue weighted by Gasteiger charge is 2.13. The lowest BCUT2D eigenvalue weighted by atomic mass is 10.1. The van der Waals surface area contributed by atoms with Gasteiger partial charge in [0.15, 0.2) is 0 Å².